The zero-order valence-corrected chi connectivity index (χ0v) is 9.99. The fraction of sp³-hybridized carbons (Fsp3) is 0.154. The number of rotatable bonds is 3. The molecule has 106 valence electrons. The first-order valence-corrected chi connectivity index (χ1v) is 5.51. The molecule has 0 fully saturated rings. The minimum absolute atomic E-state index is 0.119. The van der Waals surface area contributed by atoms with E-state index in [2.05, 4.69) is 9.72 Å². The van der Waals surface area contributed by atoms with Crippen LogP contribution >= 0.6 is 0 Å². The maximum Gasteiger partial charge on any atom is 0.573 e. The van der Waals surface area contributed by atoms with E-state index in [4.69, 9.17) is 5.11 Å². The fourth-order valence-electron chi connectivity index (χ4n) is 1.64. The highest BCUT2D eigenvalue weighted by Gasteiger charge is 2.32. The maximum atomic E-state index is 13.8. The molecule has 20 heavy (non-hydrogen) atoms. The number of aliphatic hydroxyl groups is 1. The zero-order valence-electron chi connectivity index (χ0n) is 9.99. The van der Waals surface area contributed by atoms with Gasteiger partial charge in [-0.2, -0.15) is 0 Å². The lowest BCUT2D eigenvalue weighted by Crippen LogP contribution is -2.17. The Hall–Kier alpha value is -2.15. The number of ether oxygens (including phenoxy) is 1. The largest absolute Gasteiger partial charge is 0.573 e. The smallest absolute Gasteiger partial charge is 0.405 e. The maximum absolute atomic E-state index is 13.8. The van der Waals surface area contributed by atoms with Gasteiger partial charge in [-0.05, 0) is 23.8 Å². The van der Waals surface area contributed by atoms with Gasteiger partial charge < -0.3 is 9.84 Å². The van der Waals surface area contributed by atoms with E-state index in [-0.39, 0.29) is 16.8 Å². The van der Waals surface area contributed by atoms with E-state index in [0.29, 0.717) is 0 Å². The van der Waals surface area contributed by atoms with Crippen molar-refractivity contribution in [3.8, 4) is 17.0 Å². The van der Waals surface area contributed by atoms with E-state index in [0.717, 1.165) is 12.1 Å². The monoisotopic (exact) mass is 287 g/mol. The molecule has 0 amide bonds. The van der Waals surface area contributed by atoms with E-state index in [1.165, 1.54) is 24.4 Å². The summed E-state index contributed by atoms with van der Waals surface area (Å²) in [5.74, 6) is -1.38. The third-order valence-electron chi connectivity index (χ3n) is 2.45. The molecule has 2 aromatic rings. The number of halogens is 4. The van der Waals surface area contributed by atoms with E-state index >= 15 is 0 Å². The highest BCUT2D eigenvalue weighted by Crippen LogP contribution is 2.33. The van der Waals surface area contributed by atoms with Gasteiger partial charge in [-0.25, -0.2) is 4.39 Å². The number of aliphatic hydroxyl groups excluding tert-OH is 1. The summed E-state index contributed by atoms with van der Waals surface area (Å²) in [7, 11) is 0. The van der Waals surface area contributed by atoms with Crippen LogP contribution in [0.25, 0.3) is 11.3 Å². The summed E-state index contributed by atoms with van der Waals surface area (Å²) in [4.78, 5) is 3.73. The quantitative estimate of drug-likeness (QED) is 0.881. The average Bonchev–Trinajstić information content (AvgIpc) is 2.38. The number of pyridine rings is 1. The molecule has 0 unspecified atom stereocenters. The summed E-state index contributed by atoms with van der Waals surface area (Å²) >= 11 is 0. The van der Waals surface area contributed by atoms with Crippen molar-refractivity contribution < 1.29 is 27.4 Å². The second kappa shape index (κ2) is 5.46. The molecule has 1 aromatic heterocycles. The summed E-state index contributed by atoms with van der Waals surface area (Å²) < 4.78 is 54.5. The molecular formula is C13H9F4NO2. The van der Waals surface area contributed by atoms with Gasteiger partial charge in [-0.1, -0.05) is 12.1 Å². The molecule has 1 aromatic carbocycles. The molecule has 0 saturated carbocycles. The summed E-state index contributed by atoms with van der Waals surface area (Å²) in [5.41, 5.74) is -0.172. The SMILES string of the molecule is OCc1cnc(-c2ccccc2OC(F)(F)F)c(F)c1. The van der Waals surface area contributed by atoms with Crippen LogP contribution in [0.5, 0.6) is 5.75 Å². The summed E-state index contributed by atoms with van der Waals surface area (Å²) in [6, 6.07) is 6.13. The number of para-hydroxylation sites is 1. The van der Waals surface area contributed by atoms with E-state index in [1.54, 1.807) is 0 Å². The molecule has 3 nitrogen and oxygen atoms in total. The number of alkyl halides is 3. The molecule has 0 aliphatic carbocycles. The first-order chi connectivity index (χ1) is 9.40. The van der Waals surface area contributed by atoms with Crippen LogP contribution in [0.2, 0.25) is 0 Å². The highest BCUT2D eigenvalue weighted by molar-refractivity contribution is 5.67. The molecule has 0 aliphatic rings. The van der Waals surface area contributed by atoms with E-state index < -0.39 is 24.5 Å². The van der Waals surface area contributed by atoms with Gasteiger partial charge in [0.2, 0.25) is 0 Å². The Morgan fingerprint density at radius 2 is 1.90 bits per heavy atom. The van der Waals surface area contributed by atoms with Gasteiger partial charge in [0.05, 0.1) is 6.61 Å². The Labute approximate surface area is 111 Å². The van der Waals surface area contributed by atoms with Gasteiger partial charge >= 0.3 is 6.36 Å². The number of benzene rings is 1. The standard InChI is InChI=1S/C13H9F4NO2/c14-10-5-8(7-19)6-18-12(10)9-3-1-2-4-11(9)20-13(15,16)17/h1-6,19H,7H2. The van der Waals surface area contributed by atoms with Crippen molar-refractivity contribution in [1.82, 2.24) is 4.98 Å². The van der Waals surface area contributed by atoms with Crippen LogP contribution < -0.4 is 4.74 Å². The van der Waals surface area contributed by atoms with Crippen LogP contribution in [0.4, 0.5) is 17.6 Å². The van der Waals surface area contributed by atoms with Crippen LogP contribution in [0.15, 0.2) is 36.5 Å². The predicted molar refractivity (Wildman–Crippen MR) is 62.2 cm³/mol. The predicted octanol–water partition coefficient (Wildman–Crippen LogP) is 3.28. The number of hydrogen-bond acceptors (Lipinski definition) is 3. The van der Waals surface area contributed by atoms with Crippen molar-refractivity contribution in [2.24, 2.45) is 0 Å². The van der Waals surface area contributed by atoms with Crippen molar-refractivity contribution in [3.05, 3.63) is 47.9 Å². The number of aromatic nitrogens is 1. The van der Waals surface area contributed by atoms with Crippen molar-refractivity contribution in [2.45, 2.75) is 13.0 Å². The van der Waals surface area contributed by atoms with E-state index in [9.17, 15) is 17.6 Å². The summed E-state index contributed by atoms with van der Waals surface area (Å²) in [6.45, 7) is -0.412. The lowest BCUT2D eigenvalue weighted by molar-refractivity contribution is -0.274. The van der Waals surface area contributed by atoms with Crippen LogP contribution in [0.1, 0.15) is 5.56 Å². The Bertz CT molecular complexity index is 614. The molecule has 0 radical (unpaired) electrons. The molecule has 1 heterocycles. The van der Waals surface area contributed by atoms with Gasteiger partial charge in [-0.15, -0.1) is 13.2 Å². The topological polar surface area (TPSA) is 42.4 Å². The van der Waals surface area contributed by atoms with Crippen LogP contribution in [-0.2, 0) is 6.61 Å². The first kappa shape index (κ1) is 14.3. The third kappa shape index (κ3) is 3.24. The van der Waals surface area contributed by atoms with Crippen molar-refractivity contribution in [3.63, 3.8) is 0 Å². The fourth-order valence-corrected chi connectivity index (χ4v) is 1.64. The number of nitrogens with zero attached hydrogens (tertiary/aromatic N) is 1. The molecule has 7 heteroatoms. The highest BCUT2D eigenvalue weighted by atomic mass is 19.4. The van der Waals surface area contributed by atoms with Gasteiger partial charge in [-0.3, -0.25) is 4.98 Å². The second-order valence-corrected chi connectivity index (χ2v) is 3.88. The van der Waals surface area contributed by atoms with Crippen molar-refractivity contribution in [1.29, 1.82) is 0 Å². The van der Waals surface area contributed by atoms with E-state index in [1.807, 2.05) is 0 Å². The summed E-state index contributed by atoms with van der Waals surface area (Å²) in [6.07, 6.45) is -3.69. The van der Waals surface area contributed by atoms with Gasteiger partial charge in [0.1, 0.15) is 17.3 Å². The Balaban J connectivity index is 2.47. The third-order valence-corrected chi connectivity index (χ3v) is 2.45. The van der Waals surface area contributed by atoms with Crippen molar-refractivity contribution >= 4 is 0 Å². The Morgan fingerprint density at radius 1 is 1.20 bits per heavy atom. The Kier molecular flexibility index (Phi) is 3.89. The molecule has 0 spiro atoms. The molecule has 0 aliphatic heterocycles. The second-order valence-electron chi connectivity index (χ2n) is 3.88. The van der Waals surface area contributed by atoms with Crippen LogP contribution in [0, 0.1) is 5.82 Å². The molecule has 0 atom stereocenters. The minimum Gasteiger partial charge on any atom is -0.405 e. The molecular weight excluding hydrogens is 278 g/mol. The summed E-state index contributed by atoms with van der Waals surface area (Å²) in [5, 5.41) is 8.85. The van der Waals surface area contributed by atoms with Crippen LogP contribution in [0.3, 0.4) is 0 Å². The molecule has 0 saturated heterocycles. The lowest BCUT2D eigenvalue weighted by atomic mass is 10.1. The average molecular weight is 287 g/mol. The Morgan fingerprint density at radius 3 is 2.50 bits per heavy atom. The zero-order chi connectivity index (χ0) is 14.8. The van der Waals surface area contributed by atoms with Gasteiger partial charge in [0.25, 0.3) is 0 Å². The van der Waals surface area contributed by atoms with Gasteiger partial charge in [0, 0.05) is 11.8 Å². The molecule has 0 bridgehead atoms. The molecule has 2 rings (SSSR count). The number of hydrogen-bond donors (Lipinski definition) is 1. The minimum atomic E-state index is -4.88. The van der Waals surface area contributed by atoms with Gasteiger partial charge in [0.15, 0.2) is 0 Å². The van der Waals surface area contributed by atoms with Crippen molar-refractivity contribution in [2.75, 3.05) is 0 Å². The van der Waals surface area contributed by atoms with Crippen LogP contribution in [-0.4, -0.2) is 16.5 Å². The normalized spacial score (nSPS) is 11.4. The molecule has 1 N–H and O–H groups in total. The first-order valence-electron chi connectivity index (χ1n) is 5.51. The lowest BCUT2D eigenvalue weighted by Gasteiger charge is -2.13.